The summed E-state index contributed by atoms with van der Waals surface area (Å²) in [4.78, 5) is 1.11. The van der Waals surface area contributed by atoms with E-state index in [1.54, 1.807) is 17.4 Å². The van der Waals surface area contributed by atoms with Crippen LogP contribution in [0.15, 0.2) is 32.5 Å². The molecule has 1 heterocycles. The topological polar surface area (TPSA) is 12.0 Å². The van der Waals surface area contributed by atoms with Gasteiger partial charge in [-0.15, -0.1) is 11.3 Å². The minimum Gasteiger partial charge on any atom is -0.306 e. The summed E-state index contributed by atoms with van der Waals surface area (Å²) >= 11 is 8.62. The fourth-order valence-corrected chi connectivity index (χ4v) is 4.19. The van der Waals surface area contributed by atoms with Crippen LogP contribution in [0.4, 0.5) is 4.39 Å². The van der Waals surface area contributed by atoms with Gasteiger partial charge in [0.25, 0.3) is 0 Å². The van der Waals surface area contributed by atoms with Crippen molar-refractivity contribution in [3.63, 3.8) is 0 Å². The summed E-state index contributed by atoms with van der Waals surface area (Å²) in [5, 5.41) is 3.36. The van der Waals surface area contributed by atoms with E-state index < -0.39 is 0 Å². The van der Waals surface area contributed by atoms with Gasteiger partial charge in [-0.25, -0.2) is 4.39 Å². The fourth-order valence-electron chi connectivity index (χ4n) is 1.96. The number of nitrogens with one attached hydrogen (secondary N) is 1. The Morgan fingerprint density at radius 2 is 2.11 bits per heavy atom. The summed E-state index contributed by atoms with van der Waals surface area (Å²) < 4.78 is 16.0. The van der Waals surface area contributed by atoms with E-state index in [-0.39, 0.29) is 11.9 Å². The molecule has 0 spiro atoms. The molecule has 0 fully saturated rings. The third kappa shape index (κ3) is 3.27. The lowest BCUT2D eigenvalue weighted by molar-refractivity contribution is 0.560. The molecule has 1 aromatic heterocycles. The van der Waals surface area contributed by atoms with Crippen molar-refractivity contribution >= 4 is 43.2 Å². The molecule has 2 aromatic rings. The van der Waals surface area contributed by atoms with Gasteiger partial charge in [0, 0.05) is 14.9 Å². The van der Waals surface area contributed by atoms with E-state index in [1.165, 1.54) is 11.6 Å². The molecule has 5 heteroatoms. The summed E-state index contributed by atoms with van der Waals surface area (Å²) in [5.74, 6) is -0.192. The highest BCUT2D eigenvalue weighted by atomic mass is 79.9. The minimum atomic E-state index is -0.192. The lowest BCUT2D eigenvalue weighted by Gasteiger charge is -2.19. The smallest absolute Gasteiger partial charge is 0.129 e. The lowest BCUT2D eigenvalue weighted by Crippen LogP contribution is -2.22. The van der Waals surface area contributed by atoms with E-state index in [4.69, 9.17) is 0 Å². The molecule has 1 atom stereocenters. The maximum absolute atomic E-state index is 14.1. The van der Waals surface area contributed by atoms with E-state index in [2.05, 4.69) is 43.2 Å². The highest BCUT2D eigenvalue weighted by Crippen LogP contribution is 2.37. The summed E-state index contributed by atoms with van der Waals surface area (Å²) in [5.41, 5.74) is 1.84. The van der Waals surface area contributed by atoms with Gasteiger partial charge in [-0.2, -0.15) is 0 Å². The third-order valence-electron chi connectivity index (χ3n) is 2.86. The summed E-state index contributed by atoms with van der Waals surface area (Å²) in [7, 11) is 0. The SMILES string of the molecule is CCNC(c1cc(C)c(Br)s1)c1c(F)cccc1Br. The Balaban J connectivity index is 2.51. The highest BCUT2D eigenvalue weighted by Gasteiger charge is 2.22. The van der Waals surface area contributed by atoms with Crippen LogP contribution in [0, 0.1) is 12.7 Å². The average molecular weight is 407 g/mol. The predicted molar refractivity (Wildman–Crippen MR) is 86.4 cm³/mol. The molecule has 0 saturated carbocycles. The first kappa shape index (κ1) is 15.2. The molecule has 0 aliphatic heterocycles. The average Bonchev–Trinajstić information content (AvgIpc) is 2.68. The standard InChI is InChI=1S/C14H14Br2FNS/c1-3-18-13(11-7-8(2)14(16)19-11)12-9(15)5-4-6-10(12)17/h4-7,13,18H,3H2,1-2H3. The Morgan fingerprint density at radius 1 is 1.37 bits per heavy atom. The zero-order valence-electron chi connectivity index (χ0n) is 10.6. The largest absolute Gasteiger partial charge is 0.306 e. The van der Waals surface area contributed by atoms with Crippen LogP contribution in [-0.2, 0) is 0 Å². The first-order valence-corrected chi connectivity index (χ1v) is 8.38. The van der Waals surface area contributed by atoms with Crippen LogP contribution in [0.1, 0.15) is 29.0 Å². The number of thiophene rings is 1. The number of aryl methyl sites for hydroxylation is 1. The van der Waals surface area contributed by atoms with Crippen LogP contribution < -0.4 is 5.32 Å². The van der Waals surface area contributed by atoms with Crippen molar-refractivity contribution in [1.82, 2.24) is 5.32 Å². The summed E-state index contributed by atoms with van der Waals surface area (Å²) in [6.45, 7) is 4.85. The van der Waals surface area contributed by atoms with Gasteiger partial charge >= 0.3 is 0 Å². The Labute approximate surface area is 133 Å². The maximum atomic E-state index is 14.1. The second-order valence-electron chi connectivity index (χ2n) is 4.23. The van der Waals surface area contributed by atoms with Gasteiger partial charge in [-0.3, -0.25) is 0 Å². The fraction of sp³-hybridized carbons (Fsp3) is 0.286. The van der Waals surface area contributed by atoms with Gasteiger partial charge in [0.05, 0.1) is 9.83 Å². The number of halogens is 3. The molecular weight excluding hydrogens is 393 g/mol. The number of rotatable bonds is 4. The van der Waals surface area contributed by atoms with Gasteiger partial charge in [-0.05, 0) is 53.2 Å². The van der Waals surface area contributed by atoms with E-state index in [1.807, 2.05) is 19.9 Å². The molecule has 0 saturated heterocycles. The van der Waals surface area contributed by atoms with Crippen molar-refractivity contribution in [3.05, 3.63) is 54.3 Å². The van der Waals surface area contributed by atoms with Crippen LogP contribution in [0.5, 0.6) is 0 Å². The molecule has 0 aliphatic rings. The van der Waals surface area contributed by atoms with Crippen LogP contribution in [-0.4, -0.2) is 6.54 Å². The van der Waals surface area contributed by atoms with Gasteiger partial charge < -0.3 is 5.32 Å². The Morgan fingerprint density at radius 3 is 2.63 bits per heavy atom. The minimum absolute atomic E-state index is 0.129. The van der Waals surface area contributed by atoms with Crippen molar-refractivity contribution < 1.29 is 4.39 Å². The molecule has 0 bridgehead atoms. The number of benzene rings is 1. The van der Waals surface area contributed by atoms with E-state index in [0.29, 0.717) is 5.56 Å². The molecule has 0 aliphatic carbocycles. The van der Waals surface area contributed by atoms with Gasteiger partial charge in [0.2, 0.25) is 0 Å². The molecule has 0 amide bonds. The maximum Gasteiger partial charge on any atom is 0.129 e. The molecule has 102 valence electrons. The molecule has 1 N–H and O–H groups in total. The van der Waals surface area contributed by atoms with Crippen molar-refractivity contribution in [3.8, 4) is 0 Å². The third-order valence-corrected chi connectivity index (χ3v) is 5.75. The van der Waals surface area contributed by atoms with Crippen molar-refractivity contribution in [2.45, 2.75) is 19.9 Å². The van der Waals surface area contributed by atoms with Gasteiger partial charge in [-0.1, -0.05) is 28.9 Å². The Bertz CT molecular complexity index is 543. The molecule has 19 heavy (non-hydrogen) atoms. The molecule has 1 nitrogen and oxygen atoms in total. The van der Waals surface area contributed by atoms with Crippen LogP contribution in [0.3, 0.4) is 0 Å². The zero-order valence-corrected chi connectivity index (χ0v) is 14.6. The van der Waals surface area contributed by atoms with E-state index in [0.717, 1.165) is 19.7 Å². The van der Waals surface area contributed by atoms with Gasteiger partial charge in [0.1, 0.15) is 5.82 Å². The molecule has 0 radical (unpaired) electrons. The normalized spacial score (nSPS) is 12.7. The van der Waals surface area contributed by atoms with Crippen molar-refractivity contribution in [1.29, 1.82) is 0 Å². The Hall–Kier alpha value is -0.230. The van der Waals surface area contributed by atoms with Crippen LogP contribution in [0.25, 0.3) is 0 Å². The first-order chi connectivity index (χ1) is 9.04. The zero-order chi connectivity index (χ0) is 14.0. The lowest BCUT2D eigenvalue weighted by atomic mass is 10.0. The second kappa shape index (κ2) is 6.48. The van der Waals surface area contributed by atoms with Gasteiger partial charge in [0.15, 0.2) is 0 Å². The summed E-state index contributed by atoms with van der Waals surface area (Å²) in [6.07, 6.45) is 0. The quantitative estimate of drug-likeness (QED) is 0.714. The molecule has 2 rings (SSSR count). The van der Waals surface area contributed by atoms with Crippen molar-refractivity contribution in [2.75, 3.05) is 6.54 Å². The number of hydrogen-bond donors (Lipinski definition) is 1. The summed E-state index contributed by atoms with van der Waals surface area (Å²) in [6, 6.07) is 7.05. The van der Waals surface area contributed by atoms with E-state index in [9.17, 15) is 4.39 Å². The molecule has 1 aromatic carbocycles. The van der Waals surface area contributed by atoms with Crippen molar-refractivity contribution in [2.24, 2.45) is 0 Å². The molecular formula is C14H14Br2FNS. The second-order valence-corrected chi connectivity index (χ2v) is 7.49. The predicted octanol–water partition coefficient (Wildman–Crippen LogP) is 5.42. The van der Waals surface area contributed by atoms with Crippen LogP contribution >= 0.6 is 43.2 Å². The Kier molecular flexibility index (Phi) is 5.17. The highest BCUT2D eigenvalue weighted by molar-refractivity contribution is 9.11. The number of hydrogen-bond acceptors (Lipinski definition) is 2. The molecule has 1 unspecified atom stereocenters. The monoisotopic (exact) mass is 405 g/mol. The first-order valence-electron chi connectivity index (χ1n) is 5.97. The van der Waals surface area contributed by atoms with E-state index >= 15 is 0 Å². The van der Waals surface area contributed by atoms with Crippen LogP contribution in [0.2, 0.25) is 0 Å².